The van der Waals surface area contributed by atoms with E-state index in [1.54, 1.807) is 12.1 Å². The van der Waals surface area contributed by atoms with Crippen LogP contribution in [0, 0.1) is 11.7 Å². The Labute approximate surface area is 186 Å². The Kier molecular flexibility index (Phi) is 6.64. The van der Waals surface area contributed by atoms with Crippen molar-refractivity contribution < 1.29 is 28.2 Å². The van der Waals surface area contributed by atoms with Crippen LogP contribution >= 0.6 is 0 Å². The molecule has 0 bridgehead atoms. The average Bonchev–Trinajstić information content (AvgIpc) is 3.43. The number of carbonyl (C=O) groups is 3. The molecule has 0 spiro atoms. The van der Waals surface area contributed by atoms with Crippen LogP contribution in [0.3, 0.4) is 0 Å². The van der Waals surface area contributed by atoms with Crippen molar-refractivity contribution in [1.82, 2.24) is 9.80 Å². The average molecular weight is 448 g/mol. The van der Waals surface area contributed by atoms with E-state index in [0.29, 0.717) is 5.56 Å². The fraction of sp³-hybridized carbons (Fsp3) is 0.609. The number of nitrogens with zero attached hydrogens (tertiary/aromatic N) is 2. The number of likely N-dealkylation sites (tertiary alicyclic amines) is 1. The summed E-state index contributed by atoms with van der Waals surface area (Å²) in [5.74, 6) is -1.11. The van der Waals surface area contributed by atoms with Crippen molar-refractivity contribution in [2.45, 2.75) is 69.8 Å². The van der Waals surface area contributed by atoms with Crippen LogP contribution in [0.5, 0.6) is 0 Å². The molecule has 0 aromatic heterocycles. The zero-order chi connectivity index (χ0) is 22.8. The van der Waals surface area contributed by atoms with Crippen LogP contribution in [-0.2, 0) is 32.2 Å². The zero-order valence-electron chi connectivity index (χ0n) is 18.3. The van der Waals surface area contributed by atoms with Crippen molar-refractivity contribution >= 4 is 18.0 Å². The quantitative estimate of drug-likeness (QED) is 0.711. The summed E-state index contributed by atoms with van der Waals surface area (Å²) in [5, 5.41) is 0. The van der Waals surface area contributed by atoms with Crippen LogP contribution in [-0.4, -0.2) is 59.6 Å². The molecule has 2 N–H and O–H groups in total. The molecule has 8 nitrogen and oxygen atoms in total. The molecule has 1 aromatic carbocycles. The first-order chi connectivity index (χ1) is 15.4. The highest BCUT2D eigenvalue weighted by molar-refractivity contribution is 5.88. The van der Waals surface area contributed by atoms with Gasteiger partial charge in [0.15, 0.2) is 0 Å². The Morgan fingerprint density at radius 2 is 1.91 bits per heavy atom. The number of hydrogen-bond acceptors (Lipinski definition) is 6. The second-order valence-corrected chi connectivity index (χ2v) is 8.93. The van der Waals surface area contributed by atoms with Crippen LogP contribution < -0.4 is 5.73 Å². The van der Waals surface area contributed by atoms with E-state index in [1.165, 1.54) is 23.0 Å². The molecule has 2 amide bonds. The van der Waals surface area contributed by atoms with Crippen molar-refractivity contribution in [3.8, 4) is 0 Å². The standard InChI is InChI=1S/C23H30FN3O5/c1-31-22(29)19-10-16(12-27(19)21(28)20(25)14-6-3-2-4-7-14)32-23(30)26-11-15-8-5-9-18(24)17(15)13-26/h5,8-9,14,16,19-20H,2-4,6-7,10-13,25H2,1H3/t16-,19+,20+/m1/s1. The van der Waals surface area contributed by atoms with Gasteiger partial charge < -0.3 is 20.1 Å². The molecule has 1 saturated heterocycles. The molecule has 2 heterocycles. The highest BCUT2D eigenvalue weighted by Crippen LogP contribution is 2.30. The number of hydrogen-bond donors (Lipinski definition) is 1. The number of esters is 1. The molecule has 2 aliphatic heterocycles. The Bertz CT molecular complexity index is 888. The molecule has 174 valence electrons. The molecule has 0 radical (unpaired) electrons. The van der Waals surface area contributed by atoms with E-state index in [9.17, 15) is 18.8 Å². The monoisotopic (exact) mass is 447 g/mol. The van der Waals surface area contributed by atoms with E-state index < -0.39 is 30.3 Å². The number of amides is 2. The maximum Gasteiger partial charge on any atom is 0.410 e. The Hall–Kier alpha value is -2.68. The second kappa shape index (κ2) is 9.44. The molecule has 0 unspecified atom stereocenters. The van der Waals surface area contributed by atoms with Gasteiger partial charge in [0.1, 0.15) is 18.0 Å². The maximum absolute atomic E-state index is 14.0. The SMILES string of the molecule is COC(=O)[C@@H]1C[C@@H](OC(=O)N2Cc3cccc(F)c3C2)CN1C(=O)[C@@H](N)C1CCCCC1. The first kappa shape index (κ1) is 22.5. The lowest BCUT2D eigenvalue weighted by atomic mass is 9.83. The normalized spacial score (nSPS) is 24.2. The van der Waals surface area contributed by atoms with Gasteiger partial charge in [-0.1, -0.05) is 31.4 Å². The summed E-state index contributed by atoms with van der Waals surface area (Å²) in [5.41, 5.74) is 7.52. The lowest BCUT2D eigenvalue weighted by Gasteiger charge is -2.31. The third-order valence-electron chi connectivity index (χ3n) is 6.91. The van der Waals surface area contributed by atoms with E-state index in [1.807, 2.05) is 0 Å². The van der Waals surface area contributed by atoms with E-state index in [4.69, 9.17) is 15.2 Å². The number of halogens is 1. The first-order valence-electron chi connectivity index (χ1n) is 11.2. The maximum atomic E-state index is 14.0. The molecule has 1 aliphatic carbocycles. The molecule has 9 heteroatoms. The zero-order valence-corrected chi connectivity index (χ0v) is 18.3. The van der Waals surface area contributed by atoms with Crippen molar-refractivity contribution in [2.24, 2.45) is 11.7 Å². The van der Waals surface area contributed by atoms with Gasteiger partial charge in [-0.15, -0.1) is 0 Å². The largest absolute Gasteiger partial charge is 0.467 e. The van der Waals surface area contributed by atoms with Gasteiger partial charge in [-0.3, -0.25) is 9.69 Å². The van der Waals surface area contributed by atoms with Gasteiger partial charge in [0.2, 0.25) is 5.91 Å². The molecular formula is C23H30FN3O5. The number of ether oxygens (including phenoxy) is 2. The van der Waals surface area contributed by atoms with E-state index in [2.05, 4.69) is 0 Å². The van der Waals surface area contributed by atoms with Gasteiger partial charge in [-0.2, -0.15) is 0 Å². The summed E-state index contributed by atoms with van der Waals surface area (Å²) < 4.78 is 24.5. The Morgan fingerprint density at radius 3 is 2.59 bits per heavy atom. The minimum atomic E-state index is -0.840. The van der Waals surface area contributed by atoms with Crippen LogP contribution in [0.4, 0.5) is 9.18 Å². The van der Waals surface area contributed by atoms with Crippen LogP contribution in [0.25, 0.3) is 0 Å². The second-order valence-electron chi connectivity index (χ2n) is 8.93. The van der Waals surface area contributed by atoms with Crippen molar-refractivity contribution in [3.63, 3.8) is 0 Å². The smallest absolute Gasteiger partial charge is 0.410 e. The third kappa shape index (κ3) is 4.44. The van der Waals surface area contributed by atoms with Gasteiger partial charge in [-0.05, 0) is 30.4 Å². The number of nitrogens with two attached hydrogens (primary N) is 1. The van der Waals surface area contributed by atoms with Gasteiger partial charge >= 0.3 is 12.1 Å². The van der Waals surface area contributed by atoms with Gasteiger partial charge in [0.25, 0.3) is 0 Å². The van der Waals surface area contributed by atoms with E-state index >= 15 is 0 Å². The Balaban J connectivity index is 1.41. The lowest BCUT2D eigenvalue weighted by molar-refractivity contribution is -0.151. The van der Waals surface area contributed by atoms with Gasteiger partial charge in [0, 0.05) is 18.5 Å². The minimum Gasteiger partial charge on any atom is -0.467 e. The summed E-state index contributed by atoms with van der Waals surface area (Å²) in [6.07, 6.45) is 3.92. The molecule has 4 rings (SSSR count). The minimum absolute atomic E-state index is 0.0832. The Morgan fingerprint density at radius 1 is 1.16 bits per heavy atom. The van der Waals surface area contributed by atoms with Gasteiger partial charge in [0.05, 0.1) is 26.2 Å². The molecule has 32 heavy (non-hydrogen) atoms. The molecule has 3 atom stereocenters. The van der Waals surface area contributed by atoms with Crippen LogP contribution in [0.2, 0.25) is 0 Å². The van der Waals surface area contributed by atoms with Crippen molar-refractivity contribution in [2.75, 3.05) is 13.7 Å². The number of methoxy groups -OCH3 is 1. The summed E-state index contributed by atoms with van der Waals surface area (Å²) in [7, 11) is 1.27. The highest BCUT2D eigenvalue weighted by Gasteiger charge is 2.45. The molecule has 3 aliphatic rings. The predicted molar refractivity (Wildman–Crippen MR) is 113 cm³/mol. The van der Waals surface area contributed by atoms with E-state index in [0.717, 1.165) is 37.7 Å². The summed E-state index contributed by atoms with van der Waals surface area (Å²) in [6, 6.07) is 3.23. The fourth-order valence-corrected chi connectivity index (χ4v) is 5.10. The number of carbonyl (C=O) groups excluding carboxylic acids is 3. The topological polar surface area (TPSA) is 102 Å². The van der Waals surface area contributed by atoms with Crippen molar-refractivity contribution in [3.05, 3.63) is 35.1 Å². The fourth-order valence-electron chi connectivity index (χ4n) is 5.10. The van der Waals surface area contributed by atoms with Crippen molar-refractivity contribution in [1.29, 1.82) is 0 Å². The number of rotatable bonds is 4. The first-order valence-corrected chi connectivity index (χ1v) is 11.2. The van der Waals surface area contributed by atoms with Gasteiger partial charge in [-0.25, -0.2) is 14.0 Å². The number of benzene rings is 1. The summed E-state index contributed by atoms with van der Waals surface area (Å²) >= 11 is 0. The molecule has 1 saturated carbocycles. The molecular weight excluding hydrogens is 417 g/mol. The third-order valence-corrected chi connectivity index (χ3v) is 6.91. The summed E-state index contributed by atoms with van der Waals surface area (Å²) in [4.78, 5) is 41.0. The molecule has 2 fully saturated rings. The molecule has 1 aromatic rings. The van der Waals surface area contributed by atoms with Crippen LogP contribution in [0.15, 0.2) is 18.2 Å². The highest BCUT2D eigenvalue weighted by atomic mass is 19.1. The van der Waals surface area contributed by atoms with E-state index in [-0.39, 0.29) is 43.7 Å². The predicted octanol–water partition coefficient (Wildman–Crippen LogP) is 2.33. The number of fused-ring (bicyclic) bond motifs is 1. The van der Waals surface area contributed by atoms with Crippen LogP contribution in [0.1, 0.15) is 49.7 Å². The lowest BCUT2D eigenvalue weighted by Crippen LogP contribution is -2.52. The summed E-state index contributed by atoms with van der Waals surface area (Å²) in [6.45, 7) is 0.470.